The summed E-state index contributed by atoms with van der Waals surface area (Å²) in [7, 11) is 1.89. The lowest BCUT2D eigenvalue weighted by Gasteiger charge is -2.31. The van der Waals surface area contributed by atoms with Gasteiger partial charge in [0.25, 0.3) is 0 Å². The van der Waals surface area contributed by atoms with E-state index in [1.807, 2.05) is 13.1 Å². The van der Waals surface area contributed by atoms with Crippen LogP contribution in [0.2, 0.25) is 0 Å². The number of aryl methyl sites for hydroxylation is 1. The molecule has 1 aromatic rings. The van der Waals surface area contributed by atoms with Gasteiger partial charge < -0.3 is 5.11 Å². The van der Waals surface area contributed by atoms with Crippen molar-refractivity contribution in [2.75, 3.05) is 0 Å². The van der Waals surface area contributed by atoms with Crippen molar-refractivity contribution in [3.05, 3.63) is 18.0 Å². The molecule has 0 radical (unpaired) electrons. The van der Waals surface area contributed by atoms with Crippen LogP contribution in [0, 0.1) is 11.8 Å². The zero-order valence-corrected chi connectivity index (χ0v) is 11.1. The summed E-state index contributed by atoms with van der Waals surface area (Å²) < 4.78 is 1.78. The van der Waals surface area contributed by atoms with E-state index in [1.54, 1.807) is 10.9 Å². The summed E-state index contributed by atoms with van der Waals surface area (Å²) in [6.07, 6.45) is 3.32. The molecule has 0 aliphatic carbocycles. The molecule has 0 amide bonds. The second-order valence-corrected chi connectivity index (χ2v) is 5.57. The summed E-state index contributed by atoms with van der Waals surface area (Å²) in [5.41, 5.74) is 0.183. The molecular formula is C13H24N2O. The quantitative estimate of drug-likeness (QED) is 0.835. The van der Waals surface area contributed by atoms with Crippen molar-refractivity contribution in [3.63, 3.8) is 0 Å². The predicted molar refractivity (Wildman–Crippen MR) is 66.0 cm³/mol. The third kappa shape index (κ3) is 3.08. The van der Waals surface area contributed by atoms with E-state index in [0.29, 0.717) is 11.8 Å². The Kier molecular flexibility index (Phi) is 4.14. The van der Waals surface area contributed by atoms with E-state index in [9.17, 15) is 5.11 Å². The van der Waals surface area contributed by atoms with E-state index >= 15 is 0 Å². The number of aliphatic hydroxyl groups is 1. The van der Waals surface area contributed by atoms with Crippen LogP contribution >= 0.6 is 0 Å². The van der Waals surface area contributed by atoms with Crippen molar-refractivity contribution in [1.82, 2.24) is 9.78 Å². The summed E-state index contributed by atoms with van der Waals surface area (Å²) in [5, 5.41) is 15.0. The van der Waals surface area contributed by atoms with Gasteiger partial charge in [0.15, 0.2) is 0 Å². The first-order valence-corrected chi connectivity index (χ1v) is 6.06. The maximum atomic E-state index is 10.8. The number of rotatable bonds is 5. The molecule has 0 bridgehead atoms. The Bertz CT molecular complexity index is 318. The molecule has 0 fully saturated rings. The maximum absolute atomic E-state index is 10.8. The van der Waals surface area contributed by atoms with Gasteiger partial charge in [-0.05, 0) is 30.7 Å². The summed E-state index contributed by atoms with van der Waals surface area (Å²) in [6, 6.07) is 1.92. The Hall–Kier alpha value is -0.830. The van der Waals surface area contributed by atoms with Crippen LogP contribution in [-0.4, -0.2) is 14.9 Å². The smallest absolute Gasteiger partial charge is 0.107 e. The van der Waals surface area contributed by atoms with Crippen LogP contribution in [-0.2, 0) is 12.6 Å². The molecule has 0 aliphatic rings. The third-order valence-electron chi connectivity index (χ3n) is 2.79. The lowest BCUT2D eigenvalue weighted by Crippen LogP contribution is -2.32. The zero-order chi connectivity index (χ0) is 12.3. The zero-order valence-electron chi connectivity index (χ0n) is 11.1. The van der Waals surface area contributed by atoms with Crippen LogP contribution in [0.5, 0.6) is 0 Å². The Balaban J connectivity index is 2.99. The molecule has 1 rings (SSSR count). The van der Waals surface area contributed by atoms with Crippen molar-refractivity contribution in [2.45, 2.75) is 46.1 Å². The maximum Gasteiger partial charge on any atom is 0.107 e. The fourth-order valence-corrected chi connectivity index (χ4v) is 2.47. The molecular weight excluding hydrogens is 200 g/mol. The van der Waals surface area contributed by atoms with Crippen molar-refractivity contribution in [3.8, 4) is 0 Å². The molecule has 92 valence electrons. The highest BCUT2D eigenvalue weighted by molar-refractivity contribution is 5.12. The van der Waals surface area contributed by atoms with Crippen LogP contribution in [0.3, 0.4) is 0 Å². The number of hydrogen-bond acceptors (Lipinski definition) is 2. The topological polar surface area (TPSA) is 38.1 Å². The Labute approximate surface area is 98.5 Å². The molecule has 1 N–H and O–H groups in total. The van der Waals surface area contributed by atoms with Gasteiger partial charge in [0.05, 0.1) is 5.69 Å². The van der Waals surface area contributed by atoms with E-state index in [4.69, 9.17) is 0 Å². The first-order chi connectivity index (χ1) is 7.35. The predicted octanol–water partition coefficient (Wildman–Crippen LogP) is 2.70. The fraction of sp³-hybridized carbons (Fsp3) is 0.769. The second kappa shape index (κ2) is 5.00. The minimum absolute atomic E-state index is 0.471. The molecule has 0 atom stereocenters. The molecule has 1 heterocycles. The van der Waals surface area contributed by atoms with Crippen molar-refractivity contribution in [2.24, 2.45) is 18.9 Å². The van der Waals surface area contributed by atoms with Crippen molar-refractivity contribution < 1.29 is 5.11 Å². The molecule has 3 nitrogen and oxygen atoms in total. The van der Waals surface area contributed by atoms with Gasteiger partial charge in [0.1, 0.15) is 5.60 Å². The molecule has 3 heteroatoms. The Morgan fingerprint density at radius 1 is 1.25 bits per heavy atom. The summed E-state index contributed by atoms with van der Waals surface area (Å²) >= 11 is 0. The van der Waals surface area contributed by atoms with Gasteiger partial charge in [-0.25, -0.2) is 0 Å². The highest BCUT2D eigenvalue weighted by atomic mass is 16.3. The fourth-order valence-electron chi connectivity index (χ4n) is 2.47. The van der Waals surface area contributed by atoms with Gasteiger partial charge in [0, 0.05) is 13.2 Å². The summed E-state index contributed by atoms with van der Waals surface area (Å²) in [4.78, 5) is 0. The normalized spacial score (nSPS) is 12.8. The van der Waals surface area contributed by atoms with Crippen LogP contribution in [0.1, 0.15) is 46.2 Å². The highest BCUT2D eigenvalue weighted by Gasteiger charge is 2.33. The minimum Gasteiger partial charge on any atom is -0.384 e. The standard InChI is InChI=1S/C13H24N2O/c1-10(2)8-13(16,9-11(3)4)12-6-7-14-15(12)5/h6-7,10-11,16H,8-9H2,1-5H3. The first-order valence-electron chi connectivity index (χ1n) is 6.06. The molecule has 0 aliphatic heterocycles. The van der Waals surface area contributed by atoms with E-state index in [0.717, 1.165) is 18.5 Å². The monoisotopic (exact) mass is 224 g/mol. The molecule has 16 heavy (non-hydrogen) atoms. The van der Waals surface area contributed by atoms with E-state index < -0.39 is 5.60 Å². The average Bonchev–Trinajstić information content (AvgIpc) is 2.48. The Morgan fingerprint density at radius 2 is 1.75 bits per heavy atom. The largest absolute Gasteiger partial charge is 0.384 e. The molecule has 0 aromatic carbocycles. The van der Waals surface area contributed by atoms with E-state index in [1.165, 1.54) is 0 Å². The van der Waals surface area contributed by atoms with Crippen molar-refractivity contribution in [1.29, 1.82) is 0 Å². The summed E-state index contributed by atoms with van der Waals surface area (Å²) in [5.74, 6) is 0.942. The number of hydrogen-bond donors (Lipinski definition) is 1. The Morgan fingerprint density at radius 3 is 2.06 bits per heavy atom. The molecule has 0 spiro atoms. The first kappa shape index (κ1) is 13.2. The van der Waals surface area contributed by atoms with Crippen LogP contribution in [0.15, 0.2) is 12.3 Å². The van der Waals surface area contributed by atoms with Gasteiger partial charge in [-0.3, -0.25) is 4.68 Å². The molecule has 0 saturated carbocycles. The molecule has 0 saturated heterocycles. The minimum atomic E-state index is -0.742. The van der Waals surface area contributed by atoms with Gasteiger partial charge in [-0.2, -0.15) is 5.10 Å². The van der Waals surface area contributed by atoms with Gasteiger partial charge in [0.2, 0.25) is 0 Å². The van der Waals surface area contributed by atoms with E-state index in [2.05, 4.69) is 32.8 Å². The van der Waals surface area contributed by atoms with Crippen LogP contribution < -0.4 is 0 Å². The third-order valence-corrected chi connectivity index (χ3v) is 2.79. The van der Waals surface area contributed by atoms with Gasteiger partial charge in [-0.1, -0.05) is 27.7 Å². The SMILES string of the molecule is CC(C)CC(O)(CC(C)C)c1ccnn1C. The van der Waals surface area contributed by atoms with Gasteiger partial charge in [-0.15, -0.1) is 0 Å². The lowest BCUT2D eigenvalue weighted by molar-refractivity contribution is -0.0117. The number of nitrogens with zero attached hydrogens (tertiary/aromatic N) is 2. The number of aromatic nitrogens is 2. The lowest BCUT2D eigenvalue weighted by atomic mass is 9.82. The van der Waals surface area contributed by atoms with E-state index in [-0.39, 0.29) is 0 Å². The average molecular weight is 224 g/mol. The van der Waals surface area contributed by atoms with Crippen molar-refractivity contribution >= 4 is 0 Å². The molecule has 0 unspecified atom stereocenters. The highest BCUT2D eigenvalue weighted by Crippen LogP contribution is 2.34. The van der Waals surface area contributed by atoms with Crippen LogP contribution in [0.25, 0.3) is 0 Å². The summed E-state index contributed by atoms with van der Waals surface area (Å²) in [6.45, 7) is 8.56. The van der Waals surface area contributed by atoms with Gasteiger partial charge >= 0.3 is 0 Å². The van der Waals surface area contributed by atoms with Crippen LogP contribution in [0.4, 0.5) is 0 Å². The molecule has 1 aromatic heterocycles. The second-order valence-electron chi connectivity index (χ2n) is 5.57.